The van der Waals surface area contributed by atoms with Crippen LogP contribution in [0.25, 0.3) is 0 Å². The summed E-state index contributed by atoms with van der Waals surface area (Å²) in [6.07, 6.45) is 0. The Morgan fingerprint density at radius 1 is 1.62 bits per heavy atom. The van der Waals surface area contributed by atoms with Crippen LogP contribution in [0.4, 0.5) is 15.8 Å². The molecule has 4 nitrogen and oxygen atoms in total. The highest BCUT2D eigenvalue weighted by molar-refractivity contribution is 5.63. The van der Waals surface area contributed by atoms with Crippen molar-refractivity contribution in [3.05, 3.63) is 46.3 Å². The van der Waals surface area contributed by atoms with Gasteiger partial charge in [-0.15, -0.1) is 0 Å². The van der Waals surface area contributed by atoms with Gasteiger partial charge in [0.1, 0.15) is 5.69 Å². The molecule has 1 aromatic carbocycles. The lowest BCUT2D eigenvalue weighted by Crippen LogP contribution is -2.20. The molecule has 0 aliphatic carbocycles. The van der Waals surface area contributed by atoms with Crippen molar-refractivity contribution in [1.82, 2.24) is 0 Å². The fourth-order valence-electron chi connectivity index (χ4n) is 1.48. The summed E-state index contributed by atoms with van der Waals surface area (Å²) in [6, 6.07) is 4.05. The maximum absolute atomic E-state index is 13.3. The average molecular weight is 224 g/mol. The van der Waals surface area contributed by atoms with Crippen LogP contribution < -0.4 is 4.90 Å². The number of nitro benzene ring substituents is 1. The summed E-state index contributed by atoms with van der Waals surface area (Å²) in [4.78, 5) is 11.6. The number of benzene rings is 1. The number of halogens is 1. The second-order valence-electron chi connectivity index (χ2n) is 3.68. The number of nitro groups is 1. The number of rotatable bonds is 4. The van der Waals surface area contributed by atoms with Crippen molar-refractivity contribution in [2.24, 2.45) is 0 Å². The minimum absolute atomic E-state index is 0.257. The number of likely N-dealkylation sites (N-methyl/N-ethyl adjacent to an activating group) is 1. The molecule has 1 rings (SSSR count). The highest BCUT2D eigenvalue weighted by Gasteiger charge is 2.22. The van der Waals surface area contributed by atoms with Gasteiger partial charge in [-0.3, -0.25) is 10.1 Å². The van der Waals surface area contributed by atoms with Crippen LogP contribution in [0.5, 0.6) is 0 Å². The summed E-state index contributed by atoms with van der Waals surface area (Å²) in [5, 5.41) is 10.7. The minimum atomic E-state index is -0.823. The summed E-state index contributed by atoms with van der Waals surface area (Å²) >= 11 is 0. The lowest BCUT2D eigenvalue weighted by molar-refractivity contribution is -0.386. The van der Waals surface area contributed by atoms with E-state index in [-0.39, 0.29) is 5.69 Å². The van der Waals surface area contributed by atoms with Gasteiger partial charge in [-0.25, -0.2) is 0 Å². The fraction of sp³-hybridized carbons (Fsp3) is 0.273. The average Bonchev–Trinajstić information content (AvgIpc) is 2.15. The Kier molecular flexibility index (Phi) is 3.60. The van der Waals surface area contributed by atoms with Crippen molar-refractivity contribution in [2.45, 2.75) is 6.92 Å². The fourth-order valence-corrected chi connectivity index (χ4v) is 1.48. The lowest BCUT2D eigenvalue weighted by Gasteiger charge is -2.19. The highest BCUT2D eigenvalue weighted by atomic mass is 19.1. The van der Waals surface area contributed by atoms with E-state index in [2.05, 4.69) is 6.58 Å². The molecule has 0 unspecified atom stereocenters. The smallest absolute Gasteiger partial charge is 0.327 e. The summed E-state index contributed by atoms with van der Waals surface area (Å²) in [5.41, 5.74) is 0.611. The first-order valence-electron chi connectivity index (χ1n) is 4.72. The van der Waals surface area contributed by atoms with E-state index in [9.17, 15) is 14.5 Å². The number of nitrogens with zero attached hydrogens (tertiary/aromatic N) is 2. The molecule has 1 aromatic rings. The zero-order valence-corrected chi connectivity index (χ0v) is 9.24. The summed E-state index contributed by atoms with van der Waals surface area (Å²) in [5.74, 6) is -0.823. The molecule has 0 heterocycles. The molecule has 0 saturated carbocycles. The first-order valence-corrected chi connectivity index (χ1v) is 4.72. The molecule has 0 bridgehead atoms. The van der Waals surface area contributed by atoms with Crippen molar-refractivity contribution in [1.29, 1.82) is 0 Å². The molecule has 0 aliphatic heterocycles. The van der Waals surface area contributed by atoms with Gasteiger partial charge in [-0.2, -0.15) is 4.39 Å². The Labute approximate surface area is 93.1 Å². The molecule has 0 fully saturated rings. The maximum Gasteiger partial charge on any atom is 0.327 e. The van der Waals surface area contributed by atoms with Gasteiger partial charge in [0.2, 0.25) is 5.82 Å². The number of anilines is 1. The molecule has 0 N–H and O–H groups in total. The van der Waals surface area contributed by atoms with Crippen LogP contribution >= 0.6 is 0 Å². The molecule has 0 radical (unpaired) electrons. The molecule has 0 amide bonds. The molecular weight excluding hydrogens is 211 g/mol. The normalized spacial score (nSPS) is 9.94. The van der Waals surface area contributed by atoms with Gasteiger partial charge in [0.05, 0.1) is 4.92 Å². The molecule has 5 heteroatoms. The molecular formula is C11H13FN2O2. The third-order valence-corrected chi connectivity index (χ3v) is 2.07. The van der Waals surface area contributed by atoms with E-state index in [0.29, 0.717) is 6.54 Å². The standard InChI is InChI=1S/C11H13FN2O2/c1-8(2)7-13(3)10-6-4-5-9(12)11(10)14(15)16/h4-6H,1,7H2,2-3H3. The molecule has 16 heavy (non-hydrogen) atoms. The Bertz CT molecular complexity index is 432. The SMILES string of the molecule is C=C(C)CN(C)c1cccc(F)c1[N+](=O)[O-]. The number of hydrogen-bond donors (Lipinski definition) is 0. The summed E-state index contributed by atoms with van der Waals surface area (Å²) < 4.78 is 13.3. The van der Waals surface area contributed by atoms with Gasteiger partial charge in [0.25, 0.3) is 0 Å². The first-order chi connectivity index (χ1) is 7.43. The summed E-state index contributed by atoms with van der Waals surface area (Å²) in [7, 11) is 1.66. The summed E-state index contributed by atoms with van der Waals surface area (Å²) in [6.45, 7) is 5.97. The van der Waals surface area contributed by atoms with Gasteiger partial charge in [-0.05, 0) is 19.1 Å². The largest absolute Gasteiger partial charge is 0.365 e. The van der Waals surface area contributed by atoms with Crippen LogP contribution in [0.2, 0.25) is 0 Å². The molecule has 0 spiro atoms. The molecule has 0 aromatic heterocycles. The zero-order chi connectivity index (χ0) is 12.3. The van der Waals surface area contributed by atoms with Crippen LogP contribution in [-0.4, -0.2) is 18.5 Å². The van der Waals surface area contributed by atoms with Gasteiger partial charge >= 0.3 is 5.69 Å². The van der Waals surface area contributed by atoms with Crippen molar-refractivity contribution in [3.8, 4) is 0 Å². The minimum Gasteiger partial charge on any atom is -0.365 e. The maximum atomic E-state index is 13.3. The van der Waals surface area contributed by atoms with E-state index in [4.69, 9.17) is 0 Å². The topological polar surface area (TPSA) is 46.4 Å². The van der Waals surface area contributed by atoms with Crippen LogP contribution in [-0.2, 0) is 0 Å². The number of para-hydroxylation sites is 1. The van der Waals surface area contributed by atoms with E-state index in [0.717, 1.165) is 11.6 Å². The van der Waals surface area contributed by atoms with Gasteiger partial charge in [-0.1, -0.05) is 18.2 Å². The Hall–Kier alpha value is -1.91. The predicted molar refractivity (Wildman–Crippen MR) is 61.1 cm³/mol. The predicted octanol–water partition coefficient (Wildman–Crippen LogP) is 2.75. The number of hydrogen-bond acceptors (Lipinski definition) is 3. The van der Waals surface area contributed by atoms with E-state index in [1.807, 2.05) is 6.92 Å². The van der Waals surface area contributed by atoms with Crippen molar-refractivity contribution < 1.29 is 9.31 Å². The van der Waals surface area contributed by atoms with Gasteiger partial charge in [0.15, 0.2) is 0 Å². The van der Waals surface area contributed by atoms with E-state index in [1.54, 1.807) is 11.9 Å². The van der Waals surface area contributed by atoms with Gasteiger partial charge in [0, 0.05) is 13.6 Å². The molecule has 86 valence electrons. The Balaban J connectivity index is 3.17. The third kappa shape index (κ3) is 2.56. The van der Waals surface area contributed by atoms with Crippen molar-refractivity contribution in [3.63, 3.8) is 0 Å². The quantitative estimate of drug-likeness (QED) is 0.449. The van der Waals surface area contributed by atoms with Crippen molar-refractivity contribution >= 4 is 11.4 Å². The van der Waals surface area contributed by atoms with Gasteiger partial charge < -0.3 is 4.90 Å². The molecule has 0 atom stereocenters. The van der Waals surface area contributed by atoms with E-state index >= 15 is 0 Å². The molecule has 0 saturated heterocycles. The van der Waals surface area contributed by atoms with Crippen molar-refractivity contribution in [2.75, 3.05) is 18.5 Å². The van der Waals surface area contributed by atoms with Crippen LogP contribution in [0.15, 0.2) is 30.4 Å². The van der Waals surface area contributed by atoms with Crippen LogP contribution in [0.3, 0.4) is 0 Å². The van der Waals surface area contributed by atoms with E-state index < -0.39 is 16.4 Å². The Morgan fingerprint density at radius 2 is 2.25 bits per heavy atom. The second kappa shape index (κ2) is 4.74. The van der Waals surface area contributed by atoms with E-state index in [1.165, 1.54) is 12.1 Å². The molecule has 0 aliphatic rings. The first kappa shape index (κ1) is 12.2. The monoisotopic (exact) mass is 224 g/mol. The van der Waals surface area contributed by atoms with Crippen LogP contribution in [0.1, 0.15) is 6.92 Å². The second-order valence-corrected chi connectivity index (χ2v) is 3.68. The Morgan fingerprint density at radius 3 is 2.75 bits per heavy atom. The van der Waals surface area contributed by atoms with Crippen LogP contribution in [0, 0.1) is 15.9 Å². The zero-order valence-electron chi connectivity index (χ0n) is 9.24. The highest BCUT2D eigenvalue weighted by Crippen LogP contribution is 2.30. The third-order valence-electron chi connectivity index (χ3n) is 2.07. The lowest BCUT2D eigenvalue weighted by atomic mass is 10.2.